The summed E-state index contributed by atoms with van der Waals surface area (Å²) in [5.74, 6) is 0.527. The van der Waals surface area contributed by atoms with Crippen LogP contribution in [-0.2, 0) is 5.41 Å². The number of fused-ring (bicyclic) bond motifs is 5. The number of hydrogen-bond donors (Lipinski definition) is 0. The second-order valence-electron chi connectivity index (χ2n) is 15.4. The third kappa shape index (κ3) is 5.16. The standard InChI is InChI=1S/C52H42N2/c1-35-13-12-19-47-51(35)45-31-30-43(34-48(45)52(47,2)3)53(41-26-21-37(22-27-41)36-14-6-4-7-15-36)42-28-23-38(24-29-42)39-25-32-50-46(33-39)44-18-10-11-20-49(44)54(50)40-16-8-5-9-17-40/h4-12,14-35H,13H2,1-3H3. The van der Waals surface area contributed by atoms with E-state index >= 15 is 0 Å². The number of aromatic nitrogens is 1. The van der Waals surface area contributed by atoms with Gasteiger partial charge in [0.1, 0.15) is 0 Å². The molecule has 8 aromatic rings. The number of rotatable bonds is 6. The van der Waals surface area contributed by atoms with Crippen molar-refractivity contribution < 1.29 is 0 Å². The quantitative estimate of drug-likeness (QED) is 0.168. The fourth-order valence-corrected chi connectivity index (χ4v) is 9.08. The van der Waals surface area contributed by atoms with E-state index in [1.165, 1.54) is 77.7 Å². The van der Waals surface area contributed by atoms with Gasteiger partial charge in [-0.15, -0.1) is 0 Å². The fraction of sp³-hybridized carbons (Fsp3) is 0.115. The highest BCUT2D eigenvalue weighted by Crippen LogP contribution is 2.53. The summed E-state index contributed by atoms with van der Waals surface area (Å²) in [4.78, 5) is 2.42. The Bertz CT molecular complexity index is 2750. The zero-order chi connectivity index (χ0) is 36.4. The molecule has 1 heterocycles. The Morgan fingerprint density at radius 2 is 1.11 bits per heavy atom. The van der Waals surface area contributed by atoms with Gasteiger partial charge >= 0.3 is 0 Å². The normalized spacial score (nSPS) is 15.8. The van der Waals surface area contributed by atoms with Crippen LogP contribution >= 0.6 is 0 Å². The first-order valence-electron chi connectivity index (χ1n) is 19.2. The zero-order valence-corrected chi connectivity index (χ0v) is 31.0. The molecule has 2 heteroatoms. The molecule has 0 N–H and O–H groups in total. The first kappa shape index (κ1) is 32.3. The van der Waals surface area contributed by atoms with Crippen LogP contribution in [0, 0.1) is 5.92 Å². The van der Waals surface area contributed by atoms with Gasteiger partial charge in [-0.3, -0.25) is 0 Å². The molecule has 0 bridgehead atoms. The van der Waals surface area contributed by atoms with Gasteiger partial charge in [-0.25, -0.2) is 0 Å². The Hall–Kier alpha value is -6.38. The Labute approximate surface area is 318 Å². The van der Waals surface area contributed by atoms with E-state index in [4.69, 9.17) is 0 Å². The maximum atomic E-state index is 2.45. The van der Waals surface area contributed by atoms with Crippen LogP contribution in [0.5, 0.6) is 0 Å². The highest BCUT2D eigenvalue weighted by atomic mass is 15.1. The molecule has 0 saturated carbocycles. The average Bonchev–Trinajstić information content (AvgIpc) is 3.67. The first-order valence-corrected chi connectivity index (χ1v) is 19.2. The molecule has 0 saturated heterocycles. The molecule has 1 atom stereocenters. The summed E-state index contributed by atoms with van der Waals surface area (Å²) in [5.41, 5.74) is 17.7. The van der Waals surface area contributed by atoms with Crippen LogP contribution in [0.1, 0.15) is 38.3 Å². The summed E-state index contributed by atoms with van der Waals surface area (Å²) in [6, 6.07) is 62.2. The van der Waals surface area contributed by atoms with Gasteiger partial charge < -0.3 is 9.47 Å². The lowest BCUT2D eigenvalue weighted by Gasteiger charge is -2.29. The summed E-state index contributed by atoms with van der Waals surface area (Å²) in [6.07, 6.45) is 5.84. The van der Waals surface area contributed by atoms with Crippen LogP contribution in [0.3, 0.4) is 0 Å². The molecule has 2 nitrogen and oxygen atoms in total. The van der Waals surface area contributed by atoms with Crippen LogP contribution < -0.4 is 4.90 Å². The van der Waals surface area contributed by atoms with Crippen LogP contribution in [0.25, 0.3) is 55.3 Å². The number of nitrogens with zero attached hydrogens (tertiary/aromatic N) is 2. The lowest BCUT2D eigenvalue weighted by Crippen LogP contribution is -2.18. The molecule has 10 rings (SSSR count). The molecule has 1 aromatic heterocycles. The van der Waals surface area contributed by atoms with Gasteiger partial charge in [0.2, 0.25) is 0 Å². The summed E-state index contributed by atoms with van der Waals surface area (Å²) in [5, 5.41) is 2.53. The fourth-order valence-electron chi connectivity index (χ4n) is 9.08. The molecule has 260 valence electrons. The predicted molar refractivity (Wildman–Crippen MR) is 229 cm³/mol. The Morgan fingerprint density at radius 1 is 0.537 bits per heavy atom. The third-order valence-electron chi connectivity index (χ3n) is 11.8. The monoisotopic (exact) mass is 694 g/mol. The van der Waals surface area contributed by atoms with Crippen LogP contribution in [0.4, 0.5) is 17.1 Å². The smallest absolute Gasteiger partial charge is 0.0541 e. The lowest BCUT2D eigenvalue weighted by atomic mass is 9.79. The van der Waals surface area contributed by atoms with Gasteiger partial charge in [0.05, 0.1) is 11.0 Å². The van der Waals surface area contributed by atoms with E-state index in [0.717, 1.165) is 17.8 Å². The molecule has 0 aliphatic heterocycles. The van der Waals surface area contributed by atoms with Crippen molar-refractivity contribution in [3.8, 4) is 27.9 Å². The molecule has 0 spiro atoms. The van der Waals surface area contributed by atoms with E-state index < -0.39 is 0 Å². The minimum absolute atomic E-state index is 0.0547. The molecular formula is C52H42N2. The SMILES string of the molecule is CC1CC=CC2=C1c1ccc(N(c3ccc(-c4ccccc4)cc3)c3ccc(-c4ccc5c(c4)c4ccccc4n5-c4ccccc4)cc3)cc1C2(C)C. The number of allylic oxidation sites excluding steroid dienone is 4. The van der Waals surface area contributed by atoms with Gasteiger partial charge in [-0.1, -0.05) is 136 Å². The summed E-state index contributed by atoms with van der Waals surface area (Å²) in [7, 11) is 0. The van der Waals surface area contributed by atoms with Crippen molar-refractivity contribution in [2.24, 2.45) is 5.92 Å². The van der Waals surface area contributed by atoms with Gasteiger partial charge in [0.15, 0.2) is 0 Å². The molecule has 0 fully saturated rings. The lowest BCUT2D eigenvalue weighted by molar-refractivity contribution is 0.643. The van der Waals surface area contributed by atoms with Gasteiger partial charge in [-0.05, 0) is 124 Å². The van der Waals surface area contributed by atoms with Crippen molar-refractivity contribution in [2.75, 3.05) is 4.90 Å². The molecule has 7 aromatic carbocycles. The largest absolute Gasteiger partial charge is 0.310 e. The Kier molecular flexibility index (Phi) is 7.56. The van der Waals surface area contributed by atoms with Crippen molar-refractivity contribution in [1.82, 2.24) is 4.57 Å². The third-order valence-corrected chi connectivity index (χ3v) is 11.8. The first-order chi connectivity index (χ1) is 26.5. The summed E-state index contributed by atoms with van der Waals surface area (Å²) in [6.45, 7) is 7.16. The van der Waals surface area contributed by atoms with Crippen molar-refractivity contribution in [2.45, 2.75) is 32.6 Å². The van der Waals surface area contributed by atoms with Gasteiger partial charge in [0.25, 0.3) is 0 Å². The topological polar surface area (TPSA) is 8.17 Å². The van der Waals surface area contributed by atoms with Gasteiger partial charge in [-0.2, -0.15) is 0 Å². The maximum Gasteiger partial charge on any atom is 0.0541 e. The Balaban J connectivity index is 1.07. The van der Waals surface area contributed by atoms with Crippen LogP contribution in [0.2, 0.25) is 0 Å². The minimum Gasteiger partial charge on any atom is -0.310 e. The Morgan fingerprint density at radius 3 is 1.83 bits per heavy atom. The molecule has 2 aliphatic rings. The van der Waals surface area contributed by atoms with Crippen LogP contribution in [-0.4, -0.2) is 4.57 Å². The number of hydrogen-bond acceptors (Lipinski definition) is 1. The molecule has 2 aliphatic carbocycles. The second kappa shape index (κ2) is 12.6. The van der Waals surface area contributed by atoms with E-state index in [0.29, 0.717) is 5.92 Å². The van der Waals surface area contributed by atoms with Crippen LogP contribution in [0.15, 0.2) is 188 Å². The maximum absolute atomic E-state index is 2.45. The van der Waals surface area contributed by atoms with Crippen molar-refractivity contribution in [1.29, 1.82) is 0 Å². The van der Waals surface area contributed by atoms with E-state index in [1.807, 2.05) is 0 Å². The van der Waals surface area contributed by atoms with Crippen molar-refractivity contribution in [3.63, 3.8) is 0 Å². The highest BCUT2D eigenvalue weighted by Gasteiger charge is 2.39. The number of benzene rings is 7. The summed E-state index contributed by atoms with van der Waals surface area (Å²) >= 11 is 0. The van der Waals surface area contributed by atoms with E-state index in [1.54, 1.807) is 0 Å². The summed E-state index contributed by atoms with van der Waals surface area (Å²) < 4.78 is 2.37. The molecule has 0 amide bonds. The number of para-hydroxylation sites is 2. The van der Waals surface area contributed by atoms with Gasteiger partial charge in [0, 0.05) is 38.9 Å². The van der Waals surface area contributed by atoms with Crippen molar-refractivity contribution in [3.05, 3.63) is 199 Å². The second-order valence-corrected chi connectivity index (χ2v) is 15.4. The molecule has 0 radical (unpaired) electrons. The predicted octanol–water partition coefficient (Wildman–Crippen LogP) is 14.2. The van der Waals surface area contributed by atoms with Crippen molar-refractivity contribution >= 4 is 44.4 Å². The minimum atomic E-state index is -0.0547. The van der Waals surface area contributed by atoms with E-state index in [2.05, 4.69) is 212 Å². The van der Waals surface area contributed by atoms with E-state index in [-0.39, 0.29) is 5.41 Å². The number of anilines is 3. The molecular weight excluding hydrogens is 653 g/mol. The highest BCUT2D eigenvalue weighted by molar-refractivity contribution is 6.10. The molecule has 54 heavy (non-hydrogen) atoms. The molecule has 1 unspecified atom stereocenters. The van der Waals surface area contributed by atoms with E-state index in [9.17, 15) is 0 Å². The average molecular weight is 695 g/mol. The zero-order valence-electron chi connectivity index (χ0n) is 31.0.